The highest BCUT2D eigenvalue weighted by Gasteiger charge is 1.78. The lowest BCUT2D eigenvalue weighted by Crippen LogP contribution is -1.94. The molecule has 0 radical (unpaired) electrons. The van der Waals surface area contributed by atoms with Crippen LogP contribution in [0.25, 0.3) is 0 Å². The van der Waals surface area contributed by atoms with Gasteiger partial charge in [-0.25, -0.2) is 0 Å². The standard InChI is InChI=1S/C4H10O.CH2Cl2/c1-4(2)5-3;2-1-3/h4H,1-3H3;1H2. The van der Waals surface area contributed by atoms with Gasteiger partial charge in [-0.3, -0.25) is 0 Å². The summed E-state index contributed by atoms with van der Waals surface area (Å²) in [7, 11) is 1.70. The predicted molar refractivity (Wildman–Crippen MR) is 38.7 cm³/mol. The highest BCUT2D eigenvalue weighted by Crippen LogP contribution is 1.77. The maximum atomic E-state index is 4.76. The average molecular weight is 159 g/mol. The number of halogens is 2. The SMILES string of the molecule is COC(C)C.ClCCl. The van der Waals surface area contributed by atoms with Crippen molar-refractivity contribution in [1.82, 2.24) is 0 Å². The van der Waals surface area contributed by atoms with Crippen LogP contribution in [0.2, 0.25) is 0 Å². The molecule has 0 saturated carbocycles. The van der Waals surface area contributed by atoms with Gasteiger partial charge in [-0.1, -0.05) is 0 Å². The number of hydrogen-bond acceptors (Lipinski definition) is 1. The molecule has 0 unspecified atom stereocenters. The molecular weight excluding hydrogens is 147 g/mol. The van der Waals surface area contributed by atoms with E-state index in [0.717, 1.165) is 0 Å². The van der Waals surface area contributed by atoms with Crippen LogP contribution in [0.3, 0.4) is 0 Å². The summed E-state index contributed by atoms with van der Waals surface area (Å²) in [5, 5.41) is 0.194. The number of ether oxygens (including phenoxy) is 1. The van der Waals surface area contributed by atoms with Crippen LogP contribution in [0.5, 0.6) is 0 Å². The van der Waals surface area contributed by atoms with Crippen LogP contribution < -0.4 is 0 Å². The summed E-state index contributed by atoms with van der Waals surface area (Å²) in [5.41, 5.74) is 0. The van der Waals surface area contributed by atoms with E-state index < -0.39 is 0 Å². The van der Waals surface area contributed by atoms with Crippen molar-refractivity contribution in [1.29, 1.82) is 0 Å². The first-order valence-corrected chi connectivity index (χ1v) is 3.40. The van der Waals surface area contributed by atoms with Gasteiger partial charge in [0.05, 0.1) is 11.4 Å². The zero-order valence-corrected chi connectivity index (χ0v) is 6.96. The van der Waals surface area contributed by atoms with Gasteiger partial charge < -0.3 is 4.74 Å². The Hall–Kier alpha value is 0.540. The smallest absolute Gasteiger partial charge is 0.0967 e. The first-order valence-electron chi connectivity index (χ1n) is 2.33. The lowest BCUT2D eigenvalue weighted by Gasteiger charge is -1.94. The molecule has 52 valence electrons. The molecule has 0 aliphatic heterocycles. The van der Waals surface area contributed by atoms with Gasteiger partial charge >= 0.3 is 0 Å². The average Bonchev–Trinajstić information content (AvgIpc) is 1.69. The van der Waals surface area contributed by atoms with Gasteiger partial charge in [0.1, 0.15) is 0 Å². The molecule has 0 aromatic heterocycles. The maximum absolute atomic E-state index is 4.76. The van der Waals surface area contributed by atoms with Crippen LogP contribution in [0.4, 0.5) is 0 Å². The first-order chi connectivity index (χ1) is 3.68. The molecule has 0 amide bonds. The Labute approximate surface area is 60.9 Å². The molecule has 8 heavy (non-hydrogen) atoms. The summed E-state index contributed by atoms with van der Waals surface area (Å²) in [4.78, 5) is 0. The minimum atomic E-state index is 0.194. The third-order valence-corrected chi connectivity index (χ3v) is 0.471. The topological polar surface area (TPSA) is 9.23 Å². The highest BCUT2D eigenvalue weighted by molar-refractivity contribution is 6.40. The Kier molecular flexibility index (Phi) is 14.9. The van der Waals surface area contributed by atoms with Gasteiger partial charge in [-0.05, 0) is 13.8 Å². The van der Waals surface area contributed by atoms with Crippen LogP contribution >= 0.6 is 23.2 Å². The zero-order chi connectivity index (χ0) is 6.99. The number of rotatable bonds is 1. The first kappa shape index (κ1) is 11.4. The molecule has 0 rings (SSSR count). The van der Waals surface area contributed by atoms with E-state index in [1.165, 1.54) is 0 Å². The van der Waals surface area contributed by atoms with Crippen molar-refractivity contribution in [3.8, 4) is 0 Å². The summed E-state index contributed by atoms with van der Waals surface area (Å²) < 4.78 is 4.75. The minimum Gasteiger partial charge on any atom is -0.382 e. The van der Waals surface area contributed by atoms with Crippen molar-refractivity contribution in [2.45, 2.75) is 20.0 Å². The van der Waals surface area contributed by atoms with E-state index in [1.807, 2.05) is 13.8 Å². The molecule has 0 aromatic rings. The highest BCUT2D eigenvalue weighted by atomic mass is 35.5. The van der Waals surface area contributed by atoms with Crippen LogP contribution in [0, 0.1) is 0 Å². The molecule has 0 fully saturated rings. The lowest BCUT2D eigenvalue weighted by molar-refractivity contribution is 0.134. The fraction of sp³-hybridized carbons (Fsp3) is 1.00. The molecule has 0 N–H and O–H groups in total. The summed E-state index contributed by atoms with van der Waals surface area (Å²) in [5.74, 6) is 0. The third-order valence-electron chi connectivity index (χ3n) is 0.471. The van der Waals surface area contributed by atoms with Gasteiger partial charge in [0.25, 0.3) is 0 Å². The van der Waals surface area contributed by atoms with Crippen LogP contribution in [-0.2, 0) is 4.74 Å². The molecule has 0 aliphatic rings. The molecule has 0 aliphatic carbocycles. The van der Waals surface area contributed by atoms with Crippen molar-refractivity contribution < 1.29 is 4.74 Å². The van der Waals surface area contributed by atoms with Crippen LogP contribution in [-0.4, -0.2) is 18.6 Å². The van der Waals surface area contributed by atoms with Crippen molar-refractivity contribution in [3.63, 3.8) is 0 Å². The molecule has 0 bridgehead atoms. The largest absolute Gasteiger partial charge is 0.382 e. The second kappa shape index (κ2) is 10.5. The number of methoxy groups -OCH3 is 1. The molecule has 0 aromatic carbocycles. The normalized spacial score (nSPS) is 8.25. The summed E-state index contributed by atoms with van der Waals surface area (Å²) in [6.07, 6.45) is 0.384. The van der Waals surface area contributed by atoms with E-state index in [1.54, 1.807) is 7.11 Å². The monoisotopic (exact) mass is 158 g/mol. The predicted octanol–water partition coefficient (Wildman–Crippen LogP) is 2.46. The van der Waals surface area contributed by atoms with Crippen molar-refractivity contribution >= 4 is 23.2 Å². The van der Waals surface area contributed by atoms with E-state index in [2.05, 4.69) is 0 Å². The number of alkyl halides is 2. The van der Waals surface area contributed by atoms with E-state index in [0.29, 0.717) is 6.10 Å². The lowest BCUT2D eigenvalue weighted by atomic mass is 10.5. The second-order valence-electron chi connectivity index (χ2n) is 1.39. The Morgan fingerprint density at radius 1 is 1.38 bits per heavy atom. The second-order valence-corrected chi connectivity index (χ2v) is 2.19. The van der Waals surface area contributed by atoms with Crippen molar-refractivity contribution in [2.24, 2.45) is 0 Å². The summed E-state index contributed by atoms with van der Waals surface area (Å²) in [6, 6.07) is 0. The molecule has 1 nitrogen and oxygen atoms in total. The minimum absolute atomic E-state index is 0.194. The molecule has 0 spiro atoms. The van der Waals surface area contributed by atoms with E-state index >= 15 is 0 Å². The van der Waals surface area contributed by atoms with Gasteiger partial charge in [-0.2, -0.15) is 0 Å². The fourth-order valence-electron chi connectivity index (χ4n) is 0. The van der Waals surface area contributed by atoms with Crippen molar-refractivity contribution in [2.75, 3.05) is 12.4 Å². The fourth-order valence-corrected chi connectivity index (χ4v) is 0. The molecule has 3 heteroatoms. The van der Waals surface area contributed by atoms with Gasteiger partial charge in [0.15, 0.2) is 0 Å². The van der Waals surface area contributed by atoms with Gasteiger partial charge in [-0.15, -0.1) is 23.2 Å². The van der Waals surface area contributed by atoms with E-state index in [9.17, 15) is 0 Å². The maximum Gasteiger partial charge on any atom is 0.0967 e. The Bertz CT molecular complexity index is 31.6. The Morgan fingerprint density at radius 2 is 1.50 bits per heavy atom. The molecule has 0 atom stereocenters. The Balaban J connectivity index is 0. The van der Waals surface area contributed by atoms with Gasteiger partial charge in [0, 0.05) is 7.11 Å². The molecule has 0 heterocycles. The van der Waals surface area contributed by atoms with E-state index in [4.69, 9.17) is 27.9 Å². The zero-order valence-electron chi connectivity index (χ0n) is 5.45. The third kappa shape index (κ3) is 31.1. The Morgan fingerprint density at radius 3 is 1.50 bits per heavy atom. The summed E-state index contributed by atoms with van der Waals surface area (Å²) >= 11 is 9.53. The number of hydrogen-bond donors (Lipinski definition) is 0. The van der Waals surface area contributed by atoms with Gasteiger partial charge in [0.2, 0.25) is 0 Å². The summed E-state index contributed by atoms with van der Waals surface area (Å²) in [6.45, 7) is 4.00. The molecule has 0 saturated heterocycles. The van der Waals surface area contributed by atoms with Crippen molar-refractivity contribution in [3.05, 3.63) is 0 Å². The molecular formula is C5H12Cl2O. The van der Waals surface area contributed by atoms with Crippen LogP contribution in [0.15, 0.2) is 0 Å². The quantitative estimate of drug-likeness (QED) is 0.534. The van der Waals surface area contributed by atoms with Crippen LogP contribution in [0.1, 0.15) is 13.8 Å². The van der Waals surface area contributed by atoms with E-state index in [-0.39, 0.29) is 5.34 Å².